The molecule has 0 aliphatic heterocycles. The maximum atomic E-state index is 12.1. The molecule has 80 valence electrons. The Morgan fingerprint density at radius 3 is 2.29 bits per heavy atom. The molecule has 14 heavy (non-hydrogen) atoms. The molecule has 0 radical (unpaired) electrons. The van der Waals surface area contributed by atoms with E-state index in [1.807, 2.05) is 0 Å². The fourth-order valence-corrected chi connectivity index (χ4v) is 0.995. The zero-order valence-corrected chi connectivity index (χ0v) is 9.16. The molecule has 0 bridgehead atoms. The number of halogens is 5. The number of alkyl halides is 3. The Hall–Kier alpha value is -0.330. The van der Waals surface area contributed by atoms with Gasteiger partial charge in [-0.2, -0.15) is 13.2 Å². The van der Waals surface area contributed by atoms with Crippen LogP contribution in [0.15, 0.2) is 22.9 Å². The fourth-order valence-electron chi connectivity index (χ4n) is 0.760. The van der Waals surface area contributed by atoms with Crippen LogP contribution in [-0.4, -0.2) is 11.2 Å². The Morgan fingerprint density at radius 1 is 1.36 bits per heavy atom. The van der Waals surface area contributed by atoms with Crippen LogP contribution in [0.2, 0.25) is 0 Å². The third-order valence-corrected chi connectivity index (χ3v) is 1.93. The fraction of sp³-hybridized carbons (Fsp3) is 0.286. The van der Waals surface area contributed by atoms with Crippen molar-refractivity contribution in [1.29, 1.82) is 0 Å². The number of nitrogens with zero attached hydrogens (tertiary/aromatic N) is 1. The van der Waals surface area contributed by atoms with Gasteiger partial charge in [0.05, 0.1) is 0 Å². The first-order valence-corrected chi connectivity index (χ1v) is 4.14. The van der Waals surface area contributed by atoms with Crippen LogP contribution < -0.4 is 5.73 Å². The summed E-state index contributed by atoms with van der Waals surface area (Å²) >= 11 is 3.01. The smallest absolute Gasteiger partial charge is 0.316 e. The normalized spacial score (nSPS) is 13.2. The predicted molar refractivity (Wildman–Crippen MR) is 52.2 cm³/mol. The van der Waals surface area contributed by atoms with Crippen LogP contribution in [0.5, 0.6) is 0 Å². The van der Waals surface area contributed by atoms with Gasteiger partial charge in [-0.15, -0.1) is 12.4 Å². The summed E-state index contributed by atoms with van der Waals surface area (Å²) in [5.74, 6) is 0. The Morgan fingerprint density at radius 2 is 1.93 bits per heavy atom. The molecule has 0 aromatic carbocycles. The first-order chi connectivity index (χ1) is 5.91. The maximum absolute atomic E-state index is 12.1. The Bertz CT molecular complexity index is 288. The van der Waals surface area contributed by atoms with Gasteiger partial charge in [-0.25, -0.2) is 4.98 Å². The van der Waals surface area contributed by atoms with Gasteiger partial charge in [0.15, 0.2) is 0 Å². The number of hydrogen-bond acceptors (Lipinski definition) is 2. The lowest BCUT2D eigenvalue weighted by molar-refractivity contribution is -0.149. The van der Waals surface area contributed by atoms with E-state index in [1.54, 1.807) is 0 Å². The van der Waals surface area contributed by atoms with Crippen molar-refractivity contribution in [2.24, 2.45) is 5.73 Å². The second kappa shape index (κ2) is 4.95. The SMILES string of the molecule is Cl.N[C@@H](c1ccc(Br)nc1)C(F)(F)F. The van der Waals surface area contributed by atoms with Gasteiger partial charge in [0, 0.05) is 6.20 Å². The molecular formula is C7H7BrClF3N2. The van der Waals surface area contributed by atoms with Crippen molar-refractivity contribution < 1.29 is 13.2 Å². The third kappa shape index (κ3) is 3.43. The lowest BCUT2D eigenvalue weighted by Gasteiger charge is -2.14. The number of hydrogen-bond donors (Lipinski definition) is 1. The molecule has 7 heteroatoms. The summed E-state index contributed by atoms with van der Waals surface area (Å²) in [6.45, 7) is 0. The summed E-state index contributed by atoms with van der Waals surface area (Å²) in [5, 5.41) is 0. The highest BCUT2D eigenvalue weighted by molar-refractivity contribution is 9.10. The molecule has 0 saturated heterocycles. The van der Waals surface area contributed by atoms with Crippen molar-refractivity contribution in [3.8, 4) is 0 Å². The Kier molecular flexibility index (Phi) is 4.83. The van der Waals surface area contributed by atoms with E-state index >= 15 is 0 Å². The van der Waals surface area contributed by atoms with Gasteiger partial charge in [-0.3, -0.25) is 0 Å². The zero-order chi connectivity index (χ0) is 10.1. The van der Waals surface area contributed by atoms with E-state index < -0.39 is 12.2 Å². The molecule has 0 spiro atoms. The van der Waals surface area contributed by atoms with Gasteiger partial charge in [-0.1, -0.05) is 6.07 Å². The number of nitrogens with two attached hydrogens (primary N) is 1. The molecule has 0 saturated carbocycles. The molecule has 0 unspecified atom stereocenters. The van der Waals surface area contributed by atoms with Crippen LogP contribution in [0.25, 0.3) is 0 Å². The first kappa shape index (κ1) is 13.7. The number of pyridine rings is 1. The predicted octanol–water partition coefficient (Wildman–Crippen LogP) is 2.83. The molecule has 1 rings (SSSR count). The van der Waals surface area contributed by atoms with E-state index in [-0.39, 0.29) is 18.0 Å². The second-order valence-corrected chi connectivity index (χ2v) is 3.25. The molecule has 1 aromatic rings. The van der Waals surface area contributed by atoms with Crippen LogP contribution in [-0.2, 0) is 0 Å². The quantitative estimate of drug-likeness (QED) is 0.808. The summed E-state index contributed by atoms with van der Waals surface area (Å²) in [6, 6.07) is 0.740. The van der Waals surface area contributed by atoms with Gasteiger partial charge in [-0.05, 0) is 27.6 Å². The first-order valence-electron chi connectivity index (χ1n) is 3.35. The standard InChI is InChI=1S/C7H6BrF3N2.ClH/c8-5-2-1-4(3-13-5)6(12)7(9,10)11;/h1-3,6H,12H2;1H/t6-;/m0./s1. The van der Waals surface area contributed by atoms with E-state index in [1.165, 1.54) is 12.1 Å². The minimum atomic E-state index is -4.42. The zero-order valence-electron chi connectivity index (χ0n) is 6.75. The van der Waals surface area contributed by atoms with E-state index in [9.17, 15) is 13.2 Å². The molecule has 1 aromatic heterocycles. The van der Waals surface area contributed by atoms with E-state index in [4.69, 9.17) is 5.73 Å². The number of aromatic nitrogens is 1. The van der Waals surface area contributed by atoms with Crippen LogP contribution in [0.1, 0.15) is 11.6 Å². The summed E-state index contributed by atoms with van der Waals surface area (Å²) in [5.41, 5.74) is 4.90. The average molecular weight is 291 g/mol. The van der Waals surface area contributed by atoms with Gasteiger partial charge >= 0.3 is 6.18 Å². The van der Waals surface area contributed by atoms with Crippen LogP contribution in [0.3, 0.4) is 0 Å². The van der Waals surface area contributed by atoms with Crippen molar-refractivity contribution in [3.63, 3.8) is 0 Å². The van der Waals surface area contributed by atoms with Gasteiger partial charge in [0.2, 0.25) is 0 Å². The van der Waals surface area contributed by atoms with Crippen LogP contribution >= 0.6 is 28.3 Å². The van der Waals surface area contributed by atoms with Gasteiger partial charge in [0.1, 0.15) is 10.6 Å². The second-order valence-electron chi connectivity index (χ2n) is 2.43. The molecule has 0 fully saturated rings. The Balaban J connectivity index is 0.00000169. The highest BCUT2D eigenvalue weighted by Gasteiger charge is 2.37. The third-order valence-electron chi connectivity index (χ3n) is 1.46. The van der Waals surface area contributed by atoms with Crippen molar-refractivity contribution >= 4 is 28.3 Å². The van der Waals surface area contributed by atoms with Crippen molar-refractivity contribution in [3.05, 3.63) is 28.5 Å². The van der Waals surface area contributed by atoms with Crippen molar-refractivity contribution in [2.45, 2.75) is 12.2 Å². The summed E-state index contributed by atoms with van der Waals surface area (Å²) in [6.07, 6.45) is -3.32. The monoisotopic (exact) mass is 290 g/mol. The topological polar surface area (TPSA) is 38.9 Å². The van der Waals surface area contributed by atoms with Crippen molar-refractivity contribution in [1.82, 2.24) is 4.98 Å². The highest BCUT2D eigenvalue weighted by Crippen LogP contribution is 2.30. The highest BCUT2D eigenvalue weighted by atomic mass is 79.9. The van der Waals surface area contributed by atoms with E-state index in [0.29, 0.717) is 4.60 Å². The molecule has 1 heterocycles. The maximum Gasteiger partial charge on any atom is 0.407 e. The minimum Gasteiger partial charge on any atom is -0.316 e. The summed E-state index contributed by atoms with van der Waals surface area (Å²) in [7, 11) is 0. The van der Waals surface area contributed by atoms with Gasteiger partial charge < -0.3 is 5.73 Å². The lowest BCUT2D eigenvalue weighted by Crippen LogP contribution is -2.28. The Labute approximate surface area is 93.2 Å². The molecule has 2 nitrogen and oxygen atoms in total. The summed E-state index contributed by atoms with van der Waals surface area (Å²) < 4.78 is 36.7. The van der Waals surface area contributed by atoms with Crippen LogP contribution in [0.4, 0.5) is 13.2 Å². The molecule has 1 atom stereocenters. The molecule has 2 N–H and O–H groups in total. The summed E-state index contributed by atoms with van der Waals surface area (Å²) in [4.78, 5) is 3.65. The molecular weight excluding hydrogens is 284 g/mol. The van der Waals surface area contributed by atoms with Crippen LogP contribution in [0, 0.1) is 0 Å². The largest absolute Gasteiger partial charge is 0.407 e. The molecule has 0 amide bonds. The van der Waals surface area contributed by atoms with Gasteiger partial charge in [0.25, 0.3) is 0 Å². The van der Waals surface area contributed by atoms with Crippen molar-refractivity contribution in [2.75, 3.05) is 0 Å². The average Bonchev–Trinajstić information content (AvgIpc) is 2.03. The molecule has 0 aliphatic rings. The lowest BCUT2D eigenvalue weighted by atomic mass is 10.1. The number of rotatable bonds is 1. The molecule has 0 aliphatic carbocycles. The van der Waals surface area contributed by atoms with E-state index in [0.717, 1.165) is 6.20 Å². The minimum absolute atomic E-state index is 0. The van der Waals surface area contributed by atoms with E-state index in [2.05, 4.69) is 20.9 Å².